The van der Waals surface area contributed by atoms with Gasteiger partial charge in [0.05, 0.1) is 10.5 Å². The van der Waals surface area contributed by atoms with Crippen molar-refractivity contribution in [1.29, 1.82) is 0 Å². The molecule has 0 radical (unpaired) electrons. The molecular weight excluding hydrogens is 264 g/mol. The fourth-order valence-electron chi connectivity index (χ4n) is 1.78. The first-order valence-electron chi connectivity index (χ1n) is 5.05. The van der Waals surface area contributed by atoms with Crippen molar-refractivity contribution in [3.8, 4) is 22.8 Å². The molecule has 19 heavy (non-hydrogen) atoms. The highest BCUT2D eigenvalue weighted by Gasteiger charge is 2.45. The maximum atomic E-state index is 13.0. The zero-order valence-electron chi connectivity index (χ0n) is 9.09. The van der Waals surface area contributed by atoms with Gasteiger partial charge in [-0.1, -0.05) is 6.07 Å². The van der Waals surface area contributed by atoms with Crippen molar-refractivity contribution < 1.29 is 23.2 Å². The molecule has 0 bridgehead atoms. The number of nitrogens with zero attached hydrogens (tertiary/aromatic N) is 2. The van der Waals surface area contributed by atoms with Crippen LogP contribution in [0.2, 0.25) is 0 Å². The second-order valence-electron chi connectivity index (χ2n) is 3.68. The molecule has 0 unspecified atom stereocenters. The molecule has 0 saturated heterocycles. The van der Waals surface area contributed by atoms with Crippen molar-refractivity contribution in [2.75, 3.05) is 0 Å². The van der Waals surface area contributed by atoms with Crippen LogP contribution >= 0.6 is 0 Å². The van der Waals surface area contributed by atoms with Gasteiger partial charge >= 0.3 is 12.0 Å². The number of nitro groups is 1. The third kappa shape index (κ3) is 1.75. The summed E-state index contributed by atoms with van der Waals surface area (Å²) in [4.78, 5) is 10.1. The van der Waals surface area contributed by atoms with Gasteiger partial charge in [-0.05, 0) is 12.1 Å². The number of para-hydroxylation sites is 1. The number of nitrogens with one attached hydrogen (secondary N) is 1. The third-order valence-corrected chi connectivity index (χ3v) is 2.50. The first-order chi connectivity index (χ1) is 8.98. The Hall–Kier alpha value is -2.71. The Kier molecular flexibility index (Phi) is 2.18. The zero-order valence-corrected chi connectivity index (χ0v) is 9.09. The van der Waals surface area contributed by atoms with Crippen molar-refractivity contribution >= 4 is 5.69 Å². The van der Waals surface area contributed by atoms with E-state index in [9.17, 15) is 18.9 Å². The van der Waals surface area contributed by atoms with Gasteiger partial charge in [0.15, 0.2) is 17.2 Å². The number of benzene rings is 1. The van der Waals surface area contributed by atoms with E-state index in [1.165, 1.54) is 18.2 Å². The number of H-pyrrole nitrogens is 1. The predicted molar refractivity (Wildman–Crippen MR) is 56.9 cm³/mol. The minimum absolute atomic E-state index is 0.0580. The Labute approximate surface area is 103 Å². The van der Waals surface area contributed by atoms with E-state index in [1.54, 1.807) is 0 Å². The zero-order chi connectivity index (χ0) is 13.6. The summed E-state index contributed by atoms with van der Waals surface area (Å²) in [5, 5.41) is 16.8. The molecule has 2 aromatic rings. The van der Waals surface area contributed by atoms with Gasteiger partial charge in [-0.15, -0.1) is 8.78 Å². The highest BCUT2D eigenvalue weighted by atomic mass is 19.3. The standard InChI is InChI=1S/C10H5F2N3O4/c11-10(12)18-7-3-1-2-5(9(7)19-10)8-6(15(16)17)4-13-14-8/h1-4H,(H,13,14). The van der Waals surface area contributed by atoms with Crippen molar-refractivity contribution in [3.05, 3.63) is 34.5 Å². The lowest BCUT2D eigenvalue weighted by Gasteiger charge is -2.05. The Balaban J connectivity index is 2.16. The van der Waals surface area contributed by atoms with Crippen LogP contribution in [0.3, 0.4) is 0 Å². The largest absolute Gasteiger partial charge is 0.586 e. The number of hydrogen-bond acceptors (Lipinski definition) is 5. The molecule has 0 atom stereocenters. The summed E-state index contributed by atoms with van der Waals surface area (Å²) in [6.45, 7) is 0. The Morgan fingerprint density at radius 2 is 2.16 bits per heavy atom. The van der Waals surface area contributed by atoms with Crippen LogP contribution in [-0.2, 0) is 0 Å². The average Bonchev–Trinajstić information content (AvgIpc) is 2.89. The van der Waals surface area contributed by atoms with Gasteiger partial charge in [0.1, 0.15) is 6.20 Å². The molecular formula is C10H5F2N3O4. The maximum Gasteiger partial charge on any atom is 0.586 e. The monoisotopic (exact) mass is 269 g/mol. The van der Waals surface area contributed by atoms with Crippen LogP contribution in [0.1, 0.15) is 0 Å². The molecule has 0 fully saturated rings. The average molecular weight is 269 g/mol. The number of hydrogen-bond donors (Lipinski definition) is 1. The Morgan fingerprint density at radius 3 is 2.89 bits per heavy atom. The van der Waals surface area contributed by atoms with Gasteiger partial charge in [0.2, 0.25) is 0 Å². The van der Waals surface area contributed by atoms with Crippen molar-refractivity contribution in [2.45, 2.75) is 6.29 Å². The maximum absolute atomic E-state index is 13.0. The van der Waals surface area contributed by atoms with Crippen molar-refractivity contribution in [1.82, 2.24) is 10.2 Å². The van der Waals surface area contributed by atoms with Gasteiger partial charge in [-0.3, -0.25) is 15.2 Å². The molecule has 7 nitrogen and oxygen atoms in total. The van der Waals surface area contributed by atoms with Crippen LogP contribution in [0.5, 0.6) is 11.5 Å². The van der Waals surface area contributed by atoms with E-state index in [4.69, 9.17) is 0 Å². The molecule has 3 rings (SSSR count). The molecule has 1 aliphatic heterocycles. The molecule has 0 aliphatic carbocycles. The molecule has 2 heterocycles. The quantitative estimate of drug-likeness (QED) is 0.667. The highest BCUT2D eigenvalue weighted by molar-refractivity contribution is 5.77. The molecule has 0 spiro atoms. The summed E-state index contributed by atoms with van der Waals surface area (Å²) >= 11 is 0. The van der Waals surface area contributed by atoms with E-state index in [0.29, 0.717) is 0 Å². The fourth-order valence-corrected chi connectivity index (χ4v) is 1.78. The second-order valence-corrected chi connectivity index (χ2v) is 3.68. The number of alkyl halides is 2. The Bertz CT molecular complexity index is 671. The SMILES string of the molecule is O=[N+]([O-])c1c[nH]nc1-c1cccc2c1OC(F)(F)O2. The topological polar surface area (TPSA) is 90.3 Å². The van der Waals surface area contributed by atoms with Crippen LogP contribution in [-0.4, -0.2) is 21.4 Å². The van der Waals surface area contributed by atoms with E-state index in [1.807, 2.05) is 0 Å². The molecule has 0 saturated carbocycles. The van der Waals surface area contributed by atoms with E-state index >= 15 is 0 Å². The fraction of sp³-hybridized carbons (Fsp3) is 0.100. The normalized spacial score (nSPS) is 15.5. The van der Waals surface area contributed by atoms with Gasteiger partial charge < -0.3 is 9.47 Å². The summed E-state index contributed by atoms with van der Waals surface area (Å²) in [5.74, 6) is -0.470. The van der Waals surface area contributed by atoms with Crippen LogP contribution in [0, 0.1) is 10.1 Å². The van der Waals surface area contributed by atoms with E-state index < -0.39 is 11.2 Å². The number of aromatic amines is 1. The summed E-state index contributed by atoms with van der Waals surface area (Å²) in [7, 11) is 0. The minimum Gasteiger partial charge on any atom is -0.395 e. The smallest absolute Gasteiger partial charge is 0.395 e. The first kappa shape index (κ1) is 11.4. The van der Waals surface area contributed by atoms with Crippen LogP contribution in [0.4, 0.5) is 14.5 Å². The lowest BCUT2D eigenvalue weighted by atomic mass is 10.1. The van der Waals surface area contributed by atoms with Gasteiger partial charge in [-0.25, -0.2) is 0 Å². The lowest BCUT2D eigenvalue weighted by Crippen LogP contribution is -2.26. The van der Waals surface area contributed by atoms with Crippen LogP contribution in [0.25, 0.3) is 11.3 Å². The van der Waals surface area contributed by atoms with Gasteiger partial charge in [0.25, 0.3) is 0 Å². The minimum atomic E-state index is -3.79. The number of fused-ring (bicyclic) bond motifs is 1. The summed E-state index contributed by atoms with van der Waals surface area (Å²) in [6.07, 6.45) is -2.73. The van der Waals surface area contributed by atoms with E-state index in [0.717, 1.165) is 6.20 Å². The van der Waals surface area contributed by atoms with Gasteiger partial charge in [0, 0.05) is 0 Å². The number of rotatable bonds is 2. The van der Waals surface area contributed by atoms with Crippen LogP contribution < -0.4 is 9.47 Å². The summed E-state index contributed by atoms with van der Waals surface area (Å²) < 4.78 is 34.6. The number of ether oxygens (including phenoxy) is 2. The predicted octanol–water partition coefficient (Wildman–Crippen LogP) is 2.31. The summed E-state index contributed by atoms with van der Waals surface area (Å²) in [6, 6.07) is 4.07. The third-order valence-electron chi connectivity index (χ3n) is 2.50. The lowest BCUT2D eigenvalue weighted by molar-refractivity contribution is -0.384. The Morgan fingerprint density at radius 1 is 1.37 bits per heavy atom. The molecule has 1 aliphatic rings. The number of aromatic nitrogens is 2. The second kappa shape index (κ2) is 3.64. The first-order valence-corrected chi connectivity index (χ1v) is 5.05. The van der Waals surface area contributed by atoms with Crippen molar-refractivity contribution in [2.24, 2.45) is 0 Å². The molecule has 1 aromatic heterocycles. The van der Waals surface area contributed by atoms with Crippen molar-refractivity contribution in [3.63, 3.8) is 0 Å². The van der Waals surface area contributed by atoms with Gasteiger partial charge in [-0.2, -0.15) is 5.10 Å². The molecule has 9 heteroatoms. The summed E-state index contributed by atoms with van der Waals surface area (Å²) in [5.41, 5.74) is -0.377. The van der Waals surface area contributed by atoms with E-state index in [2.05, 4.69) is 19.7 Å². The molecule has 98 valence electrons. The van der Waals surface area contributed by atoms with E-state index in [-0.39, 0.29) is 28.4 Å². The van der Waals surface area contributed by atoms with Crippen LogP contribution in [0.15, 0.2) is 24.4 Å². The number of halogens is 2. The molecule has 1 aromatic carbocycles. The molecule has 1 N–H and O–H groups in total. The highest BCUT2D eigenvalue weighted by Crippen LogP contribution is 2.47. The molecule has 0 amide bonds.